The first-order valence-corrected chi connectivity index (χ1v) is 18.0. The molecular weight excluding hydrogens is 727 g/mol. The van der Waals surface area contributed by atoms with Crippen molar-refractivity contribution in [3.63, 3.8) is 0 Å². The monoisotopic (exact) mass is 765 g/mol. The van der Waals surface area contributed by atoms with Crippen LogP contribution in [0.15, 0.2) is 48.7 Å². The number of carbonyl (C=O) groups excluding carboxylic acids is 1. The highest BCUT2D eigenvalue weighted by Gasteiger charge is 2.50. The molecule has 2 fully saturated rings. The van der Waals surface area contributed by atoms with Gasteiger partial charge in [0.1, 0.15) is 11.4 Å². The second-order valence-corrected chi connectivity index (χ2v) is 14.1. The average molecular weight is 766 g/mol. The highest BCUT2D eigenvalue weighted by Crippen LogP contribution is 2.45. The third kappa shape index (κ3) is 7.52. The van der Waals surface area contributed by atoms with Crippen molar-refractivity contribution in [1.29, 1.82) is 0 Å². The van der Waals surface area contributed by atoms with Gasteiger partial charge in [-0.05, 0) is 61.4 Å². The number of alkyl halides is 3. The number of rotatable bonds is 14. The summed E-state index contributed by atoms with van der Waals surface area (Å²) in [5, 5.41) is 22.1. The topological polar surface area (TPSA) is 160 Å². The molecule has 0 bridgehead atoms. The van der Waals surface area contributed by atoms with Gasteiger partial charge in [-0.25, -0.2) is 4.98 Å². The van der Waals surface area contributed by atoms with Gasteiger partial charge in [0, 0.05) is 60.5 Å². The third-order valence-corrected chi connectivity index (χ3v) is 10.6. The van der Waals surface area contributed by atoms with Crippen LogP contribution in [-0.2, 0) is 35.3 Å². The number of carboxylic acid groups (broad SMARTS) is 1. The fraction of sp³-hybridized carbons (Fsp3) is 0.395. The summed E-state index contributed by atoms with van der Waals surface area (Å²) in [6.45, 7) is 0.966. The van der Waals surface area contributed by atoms with E-state index >= 15 is 0 Å². The Hall–Kier alpha value is -4.99. The number of benzene rings is 1. The number of aromatic nitrogens is 3. The van der Waals surface area contributed by atoms with Gasteiger partial charge >= 0.3 is 12.1 Å². The Morgan fingerprint density at radius 1 is 1.02 bits per heavy atom. The first kappa shape index (κ1) is 37.3. The van der Waals surface area contributed by atoms with Crippen LogP contribution >= 0.6 is 11.6 Å². The normalized spacial score (nSPS) is 18.6. The first-order valence-electron chi connectivity index (χ1n) is 17.6. The number of hydrogen-bond donors (Lipinski definition) is 5. The fourth-order valence-electron chi connectivity index (χ4n) is 7.19. The van der Waals surface area contributed by atoms with E-state index in [0.29, 0.717) is 73.0 Å². The summed E-state index contributed by atoms with van der Waals surface area (Å²) in [7, 11) is 2.86. The number of nitrogens with one attached hydrogen (secondary N) is 4. The lowest BCUT2D eigenvalue weighted by molar-refractivity contribution is -0.141. The maximum Gasteiger partial charge on any atom is 0.419 e. The minimum atomic E-state index is -4.75. The molecular formula is C38H39ClF3N7O5. The van der Waals surface area contributed by atoms with Crippen LogP contribution in [0.25, 0.3) is 22.5 Å². The number of halogens is 4. The highest BCUT2D eigenvalue weighted by atomic mass is 35.5. The van der Waals surface area contributed by atoms with Gasteiger partial charge in [-0.1, -0.05) is 35.9 Å². The predicted octanol–water partition coefficient (Wildman–Crippen LogP) is 6.07. The molecule has 54 heavy (non-hydrogen) atoms. The zero-order valence-electron chi connectivity index (χ0n) is 29.6. The number of amides is 1. The van der Waals surface area contributed by atoms with Crippen LogP contribution in [0.5, 0.6) is 11.8 Å². The molecule has 1 amide bonds. The van der Waals surface area contributed by atoms with Gasteiger partial charge in [0.2, 0.25) is 17.7 Å². The molecule has 1 saturated heterocycles. The summed E-state index contributed by atoms with van der Waals surface area (Å²) in [6, 6.07) is 11.7. The van der Waals surface area contributed by atoms with Crippen molar-refractivity contribution in [3.05, 3.63) is 81.5 Å². The molecule has 1 aromatic carbocycles. The van der Waals surface area contributed by atoms with Crippen LogP contribution < -0.4 is 30.7 Å². The number of carboxylic acids is 1. The number of aliphatic carboxylic acids is 1. The van der Waals surface area contributed by atoms with Gasteiger partial charge in [-0.15, -0.1) is 0 Å². The molecule has 2 aliphatic carbocycles. The van der Waals surface area contributed by atoms with Crippen molar-refractivity contribution in [2.45, 2.75) is 75.4 Å². The summed E-state index contributed by atoms with van der Waals surface area (Å²) < 4.78 is 54.4. The smallest absolute Gasteiger partial charge is 0.419 e. The molecule has 0 unspecified atom stereocenters. The lowest BCUT2D eigenvalue weighted by Crippen LogP contribution is -2.38. The van der Waals surface area contributed by atoms with E-state index in [1.165, 1.54) is 7.11 Å². The van der Waals surface area contributed by atoms with Gasteiger partial charge in [0.05, 0.1) is 42.2 Å². The van der Waals surface area contributed by atoms with Gasteiger partial charge in [-0.2, -0.15) is 18.2 Å². The number of carbonyl (C=O) groups is 2. The molecule has 1 aliphatic heterocycles. The van der Waals surface area contributed by atoms with Crippen LogP contribution in [0.2, 0.25) is 5.02 Å². The van der Waals surface area contributed by atoms with E-state index in [1.54, 1.807) is 19.4 Å². The Morgan fingerprint density at radius 2 is 1.80 bits per heavy atom. The second-order valence-electron chi connectivity index (χ2n) is 13.7. The zero-order valence-corrected chi connectivity index (χ0v) is 30.3. The van der Waals surface area contributed by atoms with Crippen LogP contribution in [0, 0.1) is 0 Å². The summed E-state index contributed by atoms with van der Waals surface area (Å²) in [5.74, 6) is -0.970. The molecule has 16 heteroatoms. The van der Waals surface area contributed by atoms with E-state index in [0.717, 1.165) is 34.7 Å². The maximum absolute atomic E-state index is 14.5. The van der Waals surface area contributed by atoms with Crippen molar-refractivity contribution in [1.82, 2.24) is 30.9 Å². The number of hydrogen-bond acceptors (Lipinski definition) is 10. The third-order valence-electron chi connectivity index (χ3n) is 10.3. The molecule has 7 rings (SSSR count). The summed E-state index contributed by atoms with van der Waals surface area (Å²) in [6.07, 6.45) is 0.0245. The number of anilines is 1. The minimum absolute atomic E-state index is 0.0347. The Morgan fingerprint density at radius 3 is 2.48 bits per heavy atom. The maximum atomic E-state index is 14.5. The largest absolute Gasteiger partial charge is 0.481 e. The Labute approximate surface area is 314 Å². The highest BCUT2D eigenvalue weighted by molar-refractivity contribution is 6.35. The van der Waals surface area contributed by atoms with Gasteiger partial charge in [0.15, 0.2) is 0 Å². The molecule has 5 N–H and O–H groups in total. The molecule has 3 aliphatic rings. The number of ether oxygens (including phenoxy) is 2. The van der Waals surface area contributed by atoms with Gasteiger partial charge < -0.3 is 30.5 Å². The molecule has 284 valence electrons. The first-order chi connectivity index (χ1) is 25.9. The SMILES string of the molecule is COc1nc(-c2ccnc(-c3cccc4c3CC[C@H]4Nc3nc(OC)c(CNC4(C(=O)O)CC4)cc3C(F)(F)F)c2Cl)ccc1CNC[C@H]1CCC(=O)N1. The molecule has 4 heterocycles. The van der Waals surface area contributed by atoms with Gasteiger partial charge in [-0.3, -0.25) is 19.9 Å². The van der Waals surface area contributed by atoms with Crippen LogP contribution in [0.4, 0.5) is 19.0 Å². The van der Waals surface area contributed by atoms with Crippen LogP contribution in [-0.4, -0.2) is 64.3 Å². The van der Waals surface area contributed by atoms with Crippen LogP contribution in [0.1, 0.15) is 66.0 Å². The quantitative estimate of drug-likeness (QED) is 0.101. The van der Waals surface area contributed by atoms with Gasteiger partial charge in [0.25, 0.3) is 0 Å². The summed E-state index contributed by atoms with van der Waals surface area (Å²) in [5.41, 5.74) is 2.99. The molecule has 0 spiro atoms. The molecule has 2 atom stereocenters. The van der Waals surface area contributed by atoms with E-state index in [-0.39, 0.29) is 35.8 Å². The number of fused-ring (bicyclic) bond motifs is 1. The molecule has 3 aromatic heterocycles. The fourth-order valence-corrected chi connectivity index (χ4v) is 7.50. The Bertz CT molecular complexity index is 2100. The van der Waals surface area contributed by atoms with E-state index in [2.05, 4.69) is 31.2 Å². The molecule has 12 nitrogen and oxygen atoms in total. The predicted molar refractivity (Wildman–Crippen MR) is 194 cm³/mol. The molecule has 1 saturated carbocycles. The average Bonchev–Trinajstić information content (AvgIpc) is 3.68. The number of nitrogens with zero attached hydrogens (tertiary/aromatic N) is 3. The summed E-state index contributed by atoms with van der Waals surface area (Å²) >= 11 is 7.05. The van der Waals surface area contributed by atoms with Crippen molar-refractivity contribution < 1.29 is 37.3 Å². The van der Waals surface area contributed by atoms with E-state index in [1.807, 2.05) is 30.3 Å². The van der Waals surface area contributed by atoms with Crippen molar-refractivity contribution in [3.8, 4) is 34.3 Å². The number of methoxy groups -OCH3 is 2. The minimum Gasteiger partial charge on any atom is -0.481 e. The van der Waals surface area contributed by atoms with Crippen molar-refractivity contribution in [2.75, 3.05) is 26.1 Å². The Kier molecular flexibility index (Phi) is 10.4. The van der Waals surface area contributed by atoms with E-state index < -0.39 is 29.3 Å². The lowest BCUT2D eigenvalue weighted by atomic mass is 9.98. The molecule has 4 aromatic rings. The van der Waals surface area contributed by atoms with Crippen LogP contribution in [0.3, 0.4) is 0 Å². The zero-order chi connectivity index (χ0) is 38.2. The second kappa shape index (κ2) is 15.0. The Balaban J connectivity index is 1.13. The lowest BCUT2D eigenvalue weighted by Gasteiger charge is -2.22. The summed E-state index contributed by atoms with van der Waals surface area (Å²) in [4.78, 5) is 36.8. The molecule has 0 radical (unpaired) electrons. The van der Waals surface area contributed by atoms with E-state index in [9.17, 15) is 27.9 Å². The van der Waals surface area contributed by atoms with E-state index in [4.69, 9.17) is 26.1 Å². The standard InChI is InChI=1S/C38H39ClF3N7O5/c1-53-34-20(17-43-19-22-7-11-30(50)46-22)6-9-29(48-34)26-12-15-44-32(31(26)39)25-5-3-4-24-23(25)8-10-28(24)47-33-27(38(40,41)42)16-21(35(49-33)54-2)18-45-37(13-14-37)36(51)52/h3-6,9,12,15-16,22,28,43,45H,7-8,10-11,13-14,17-19H2,1-2H3,(H,46,50)(H,47,49)(H,51,52)/t22-,28-/m1/s1. The number of pyridine rings is 3. The van der Waals surface area contributed by atoms with Crippen molar-refractivity contribution >= 4 is 29.3 Å². The van der Waals surface area contributed by atoms with Crippen molar-refractivity contribution in [2.24, 2.45) is 0 Å².